The van der Waals surface area contributed by atoms with E-state index in [9.17, 15) is 0 Å². The van der Waals surface area contributed by atoms with E-state index in [1.807, 2.05) is 18.2 Å². The van der Waals surface area contributed by atoms with Gasteiger partial charge in [-0.25, -0.2) is 0 Å². The van der Waals surface area contributed by atoms with Crippen molar-refractivity contribution >= 4 is 0 Å². The topological polar surface area (TPSA) is 35.8 Å². The maximum Gasteiger partial charge on any atom is 0.0641 e. The van der Waals surface area contributed by atoms with Gasteiger partial charge in [0.15, 0.2) is 0 Å². The van der Waals surface area contributed by atoms with Gasteiger partial charge in [0.25, 0.3) is 0 Å². The fourth-order valence-electron chi connectivity index (χ4n) is 2.60. The van der Waals surface area contributed by atoms with Crippen LogP contribution < -0.4 is 5.32 Å². The van der Waals surface area contributed by atoms with Crippen molar-refractivity contribution in [3.8, 4) is 6.07 Å². The van der Waals surface area contributed by atoms with Crippen LogP contribution in [0.1, 0.15) is 45.7 Å². The monoisotopic (exact) mass is 258 g/mol. The number of nitrogens with zero attached hydrogens (tertiary/aromatic N) is 1. The van der Waals surface area contributed by atoms with Crippen molar-refractivity contribution in [3.05, 3.63) is 35.9 Å². The van der Waals surface area contributed by atoms with E-state index in [1.54, 1.807) is 0 Å². The van der Waals surface area contributed by atoms with Crippen LogP contribution in [-0.2, 0) is 0 Å². The first-order valence-electron chi connectivity index (χ1n) is 7.21. The van der Waals surface area contributed by atoms with E-state index in [0.29, 0.717) is 24.2 Å². The lowest BCUT2D eigenvalue weighted by Crippen LogP contribution is -2.32. The third-order valence-corrected chi connectivity index (χ3v) is 3.81. The van der Waals surface area contributed by atoms with E-state index in [4.69, 9.17) is 5.26 Å². The van der Waals surface area contributed by atoms with Gasteiger partial charge in [0, 0.05) is 6.04 Å². The first-order chi connectivity index (χ1) is 9.06. The summed E-state index contributed by atoms with van der Waals surface area (Å²) in [5, 5.41) is 12.6. The van der Waals surface area contributed by atoms with Gasteiger partial charge in [-0.15, -0.1) is 0 Å². The minimum atomic E-state index is 0.145. The van der Waals surface area contributed by atoms with Gasteiger partial charge in [0.1, 0.15) is 0 Å². The Kier molecular flexibility index (Phi) is 6.59. The van der Waals surface area contributed by atoms with Gasteiger partial charge in [-0.1, -0.05) is 58.0 Å². The molecule has 0 radical (unpaired) electrons. The molecule has 104 valence electrons. The highest BCUT2D eigenvalue weighted by atomic mass is 14.9. The third kappa shape index (κ3) is 5.04. The van der Waals surface area contributed by atoms with E-state index in [2.05, 4.69) is 51.2 Å². The third-order valence-electron chi connectivity index (χ3n) is 3.81. The molecule has 1 atom stereocenters. The van der Waals surface area contributed by atoms with Crippen LogP contribution >= 0.6 is 0 Å². The molecule has 2 heteroatoms. The van der Waals surface area contributed by atoms with E-state index in [0.717, 1.165) is 6.54 Å². The molecule has 0 fully saturated rings. The van der Waals surface area contributed by atoms with E-state index in [-0.39, 0.29) is 6.04 Å². The molecule has 0 aliphatic heterocycles. The maximum atomic E-state index is 8.99. The number of benzene rings is 1. The molecule has 1 N–H and O–H groups in total. The summed E-state index contributed by atoms with van der Waals surface area (Å²) < 4.78 is 0. The second kappa shape index (κ2) is 7.96. The van der Waals surface area contributed by atoms with Crippen LogP contribution in [-0.4, -0.2) is 6.54 Å². The smallest absolute Gasteiger partial charge is 0.0641 e. The standard InChI is InChI=1S/C17H26N2/c1-13(2)16(14(3)4)12-19-17(10-11-18)15-8-6-5-7-9-15/h5-9,13-14,16-17,19H,10,12H2,1-4H3. The molecular weight excluding hydrogens is 232 g/mol. The second-order valence-electron chi connectivity index (χ2n) is 5.89. The zero-order chi connectivity index (χ0) is 14.3. The lowest BCUT2D eigenvalue weighted by atomic mass is 9.85. The van der Waals surface area contributed by atoms with Crippen molar-refractivity contribution in [2.45, 2.75) is 40.2 Å². The lowest BCUT2D eigenvalue weighted by Gasteiger charge is -2.27. The Bertz CT molecular complexity index is 381. The number of nitriles is 1. The Hall–Kier alpha value is -1.33. The quantitative estimate of drug-likeness (QED) is 0.797. The minimum Gasteiger partial charge on any atom is -0.309 e. The molecule has 1 aromatic carbocycles. The van der Waals surface area contributed by atoms with Crippen LogP contribution in [0.25, 0.3) is 0 Å². The Morgan fingerprint density at radius 2 is 1.63 bits per heavy atom. The Morgan fingerprint density at radius 3 is 2.11 bits per heavy atom. The SMILES string of the molecule is CC(C)C(CNC(CC#N)c1ccccc1)C(C)C. The van der Waals surface area contributed by atoms with Crippen molar-refractivity contribution in [1.82, 2.24) is 5.32 Å². The Labute approximate surface area is 117 Å². The summed E-state index contributed by atoms with van der Waals surface area (Å²) in [4.78, 5) is 0. The lowest BCUT2D eigenvalue weighted by molar-refractivity contribution is 0.266. The molecule has 0 saturated carbocycles. The molecule has 1 aromatic rings. The van der Waals surface area contributed by atoms with Gasteiger partial charge in [-0.2, -0.15) is 5.26 Å². The molecule has 1 rings (SSSR count). The predicted molar refractivity (Wildman–Crippen MR) is 80.6 cm³/mol. The number of hydrogen-bond donors (Lipinski definition) is 1. The van der Waals surface area contributed by atoms with Crippen LogP contribution in [0.4, 0.5) is 0 Å². The summed E-state index contributed by atoms with van der Waals surface area (Å²) in [7, 11) is 0. The summed E-state index contributed by atoms with van der Waals surface area (Å²) in [6.45, 7) is 10.1. The highest BCUT2D eigenvalue weighted by molar-refractivity contribution is 5.19. The van der Waals surface area contributed by atoms with Crippen molar-refractivity contribution in [1.29, 1.82) is 5.26 Å². The summed E-state index contributed by atoms with van der Waals surface area (Å²) in [5.74, 6) is 1.96. The van der Waals surface area contributed by atoms with Crippen molar-refractivity contribution in [2.75, 3.05) is 6.54 Å². The molecule has 2 nitrogen and oxygen atoms in total. The van der Waals surface area contributed by atoms with E-state index < -0.39 is 0 Å². The number of hydrogen-bond acceptors (Lipinski definition) is 2. The molecule has 0 bridgehead atoms. The minimum absolute atomic E-state index is 0.145. The molecule has 0 heterocycles. The van der Waals surface area contributed by atoms with Gasteiger partial charge < -0.3 is 5.32 Å². The number of rotatable bonds is 7. The summed E-state index contributed by atoms with van der Waals surface area (Å²) >= 11 is 0. The molecule has 0 aromatic heterocycles. The maximum absolute atomic E-state index is 8.99. The van der Waals surface area contributed by atoms with Crippen molar-refractivity contribution in [2.24, 2.45) is 17.8 Å². The van der Waals surface area contributed by atoms with Crippen LogP contribution in [0.2, 0.25) is 0 Å². The highest BCUT2D eigenvalue weighted by Gasteiger charge is 2.19. The van der Waals surface area contributed by atoms with Crippen molar-refractivity contribution in [3.63, 3.8) is 0 Å². The molecule has 0 saturated heterocycles. The normalized spacial score (nSPS) is 12.9. The van der Waals surface area contributed by atoms with E-state index >= 15 is 0 Å². The van der Waals surface area contributed by atoms with Gasteiger partial charge in [-0.05, 0) is 29.9 Å². The summed E-state index contributed by atoms with van der Waals surface area (Å²) in [6.07, 6.45) is 0.521. The van der Waals surface area contributed by atoms with Crippen LogP contribution in [0.5, 0.6) is 0 Å². The molecule has 0 aliphatic carbocycles. The van der Waals surface area contributed by atoms with Crippen molar-refractivity contribution < 1.29 is 0 Å². The Morgan fingerprint density at radius 1 is 1.05 bits per heavy atom. The molecular formula is C17H26N2. The Balaban J connectivity index is 2.67. The van der Waals surface area contributed by atoms with Gasteiger partial charge >= 0.3 is 0 Å². The molecule has 0 aliphatic rings. The first-order valence-corrected chi connectivity index (χ1v) is 7.21. The van der Waals surface area contributed by atoms with E-state index in [1.165, 1.54) is 5.56 Å². The summed E-state index contributed by atoms with van der Waals surface area (Å²) in [5.41, 5.74) is 1.20. The fourth-order valence-corrected chi connectivity index (χ4v) is 2.60. The van der Waals surface area contributed by atoms with Gasteiger partial charge in [0.2, 0.25) is 0 Å². The first kappa shape index (κ1) is 15.7. The van der Waals surface area contributed by atoms with Gasteiger partial charge in [0.05, 0.1) is 12.5 Å². The molecule has 0 amide bonds. The fraction of sp³-hybridized carbons (Fsp3) is 0.588. The largest absolute Gasteiger partial charge is 0.309 e. The zero-order valence-electron chi connectivity index (χ0n) is 12.6. The molecule has 1 unspecified atom stereocenters. The highest BCUT2D eigenvalue weighted by Crippen LogP contribution is 2.22. The van der Waals surface area contributed by atoms with Crippen LogP contribution in [0.15, 0.2) is 30.3 Å². The summed E-state index contributed by atoms with van der Waals surface area (Å²) in [6, 6.07) is 12.7. The second-order valence-corrected chi connectivity index (χ2v) is 5.89. The predicted octanol–water partition coefficient (Wildman–Crippen LogP) is 4.16. The zero-order valence-corrected chi connectivity index (χ0v) is 12.6. The molecule has 19 heavy (non-hydrogen) atoms. The average molecular weight is 258 g/mol. The van der Waals surface area contributed by atoms with Crippen LogP contribution in [0, 0.1) is 29.1 Å². The van der Waals surface area contributed by atoms with Crippen LogP contribution in [0.3, 0.4) is 0 Å². The molecule has 0 spiro atoms. The van der Waals surface area contributed by atoms with Gasteiger partial charge in [-0.3, -0.25) is 0 Å². The average Bonchev–Trinajstić information content (AvgIpc) is 2.38. The number of nitrogens with one attached hydrogen (secondary N) is 1.